The van der Waals surface area contributed by atoms with Crippen molar-refractivity contribution in [3.05, 3.63) is 77.3 Å². The Labute approximate surface area is 177 Å². The number of fused-ring (bicyclic) bond motifs is 3. The third-order valence-corrected chi connectivity index (χ3v) is 6.03. The summed E-state index contributed by atoms with van der Waals surface area (Å²) in [5.41, 5.74) is 4.88. The zero-order valence-electron chi connectivity index (χ0n) is 15.9. The maximum absolute atomic E-state index is 6.22. The molecule has 1 unspecified atom stereocenters. The highest BCUT2D eigenvalue weighted by Crippen LogP contribution is 2.35. The van der Waals surface area contributed by atoms with Gasteiger partial charge in [0.15, 0.2) is 5.16 Å². The number of aryl methyl sites for hydroxylation is 1. The lowest BCUT2D eigenvalue weighted by Crippen LogP contribution is -2.05. The van der Waals surface area contributed by atoms with E-state index in [9.17, 15) is 0 Å². The van der Waals surface area contributed by atoms with Gasteiger partial charge in [0.1, 0.15) is 5.82 Å². The van der Waals surface area contributed by atoms with Gasteiger partial charge in [-0.2, -0.15) is 5.10 Å². The van der Waals surface area contributed by atoms with Crippen LogP contribution < -0.4 is 0 Å². The molecule has 0 aliphatic rings. The first kappa shape index (κ1) is 18.2. The Bertz CT molecular complexity index is 1330. The Balaban J connectivity index is 1.54. The highest BCUT2D eigenvalue weighted by molar-refractivity contribution is 7.99. The Morgan fingerprint density at radius 1 is 1.07 bits per heavy atom. The Morgan fingerprint density at radius 3 is 2.72 bits per heavy atom. The summed E-state index contributed by atoms with van der Waals surface area (Å²) in [6.07, 6.45) is 1.94. The van der Waals surface area contributed by atoms with Crippen molar-refractivity contribution in [2.24, 2.45) is 0 Å². The summed E-state index contributed by atoms with van der Waals surface area (Å²) in [5, 5.41) is 7.28. The van der Waals surface area contributed by atoms with E-state index in [0.29, 0.717) is 5.02 Å². The van der Waals surface area contributed by atoms with Crippen LogP contribution in [0.1, 0.15) is 23.7 Å². The third kappa shape index (κ3) is 3.39. The van der Waals surface area contributed by atoms with Crippen molar-refractivity contribution in [1.82, 2.24) is 24.6 Å². The number of imidazole rings is 1. The van der Waals surface area contributed by atoms with E-state index in [1.165, 1.54) is 0 Å². The molecule has 0 saturated carbocycles. The molecule has 3 aromatic heterocycles. The third-order valence-electron chi connectivity index (χ3n) is 4.80. The van der Waals surface area contributed by atoms with Crippen LogP contribution in [0, 0.1) is 6.92 Å². The molecule has 0 saturated heterocycles. The lowest BCUT2D eigenvalue weighted by atomic mass is 10.2. The summed E-state index contributed by atoms with van der Waals surface area (Å²) in [6, 6.07) is 18.0. The van der Waals surface area contributed by atoms with E-state index >= 15 is 0 Å². The first-order valence-corrected chi connectivity index (χ1v) is 10.6. The average Bonchev–Trinajstić information content (AvgIpc) is 3.34. The minimum Gasteiger partial charge on any atom is -0.339 e. The molecule has 5 rings (SSSR count). The molecular weight excluding hydrogens is 402 g/mol. The molecule has 29 heavy (non-hydrogen) atoms. The second-order valence-corrected chi connectivity index (χ2v) is 8.70. The van der Waals surface area contributed by atoms with Crippen LogP contribution in [0.15, 0.2) is 66.0 Å². The van der Waals surface area contributed by atoms with Crippen molar-refractivity contribution < 1.29 is 0 Å². The lowest BCUT2D eigenvalue weighted by molar-refractivity contribution is 0.800. The summed E-state index contributed by atoms with van der Waals surface area (Å²) in [4.78, 5) is 12.9. The molecule has 1 atom stereocenters. The molecule has 0 spiro atoms. The fourth-order valence-electron chi connectivity index (χ4n) is 3.46. The zero-order chi connectivity index (χ0) is 20.0. The van der Waals surface area contributed by atoms with E-state index in [4.69, 9.17) is 21.6 Å². The Morgan fingerprint density at radius 2 is 1.90 bits per heavy atom. The number of hydrogen-bond acceptors (Lipinski definition) is 4. The van der Waals surface area contributed by atoms with Crippen LogP contribution in [0.2, 0.25) is 5.02 Å². The van der Waals surface area contributed by atoms with Crippen LogP contribution in [0.4, 0.5) is 0 Å². The fourth-order valence-corrected chi connectivity index (χ4v) is 4.49. The summed E-state index contributed by atoms with van der Waals surface area (Å²) in [6.45, 7) is 4.11. The molecule has 0 amide bonds. The van der Waals surface area contributed by atoms with Gasteiger partial charge in [-0.05, 0) is 38.1 Å². The van der Waals surface area contributed by atoms with Gasteiger partial charge in [-0.3, -0.25) is 0 Å². The standard InChI is InChI=1S/C22H18ClN5S/c1-13-10-20-17-9-8-16(23)11-18(17)25-21(28(20)27-13)14(2)29-22-24-12-19(26-22)15-6-4-3-5-7-15/h3-12,14H,1-2H3,(H,24,26). The topological polar surface area (TPSA) is 58.9 Å². The van der Waals surface area contributed by atoms with Crippen LogP contribution in [0.25, 0.3) is 27.7 Å². The van der Waals surface area contributed by atoms with Gasteiger partial charge in [0, 0.05) is 22.2 Å². The second kappa shape index (κ2) is 7.21. The molecule has 144 valence electrons. The van der Waals surface area contributed by atoms with E-state index in [0.717, 1.165) is 44.4 Å². The van der Waals surface area contributed by atoms with E-state index in [1.807, 2.05) is 54.0 Å². The Kier molecular flexibility index (Phi) is 4.53. The molecule has 3 heterocycles. The highest BCUT2D eigenvalue weighted by Gasteiger charge is 2.19. The summed E-state index contributed by atoms with van der Waals surface area (Å²) in [7, 11) is 0. The van der Waals surface area contributed by atoms with Crippen molar-refractivity contribution in [1.29, 1.82) is 0 Å². The van der Waals surface area contributed by atoms with Crippen molar-refractivity contribution in [2.45, 2.75) is 24.3 Å². The van der Waals surface area contributed by atoms with Gasteiger partial charge in [-0.15, -0.1) is 0 Å². The van der Waals surface area contributed by atoms with Crippen molar-refractivity contribution in [3.63, 3.8) is 0 Å². The summed E-state index contributed by atoms with van der Waals surface area (Å²) >= 11 is 7.84. The van der Waals surface area contributed by atoms with Gasteiger partial charge >= 0.3 is 0 Å². The second-order valence-electron chi connectivity index (χ2n) is 6.93. The number of aromatic nitrogens is 5. The van der Waals surface area contributed by atoms with Gasteiger partial charge in [-0.25, -0.2) is 14.5 Å². The van der Waals surface area contributed by atoms with E-state index in [1.54, 1.807) is 11.8 Å². The SMILES string of the molecule is Cc1cc2c3ccc(Cl)cc3nc(C(C)Sc3nc(-c4ccccc4)c[nH]3)n2n1. The molecule has 0 aliphatic heterocycles. The molecule has 0 bridgehead atoms. The number of benzene rings is 2. The number of hydrogen-bond donors (Lipinski definition) is 1. The van der Waals surface area contributed by atoms with E-state index < -0.39 is 0 Å². The number of nitrogens with zero attached hydrogens (tertiary/aromatic N) is 4. The number of rotatable bonds is 4. The quantitative estimate of drug-likeness (QED) is 0.358. The monoisotopic (exact) mass is 419 g/mol. The van der Waals surface area contributed by atoms with Crippen LogP contribution in [0.5, 0.6) is 0 Å². The van der Waals surface area contributed by atoms with Crippen LogP contribution >= 0.6 is 23.4 Å². The maximum Gasteiger partial charge on any atom is 0.166 e. The fraction of sp³-hybridized carbons (Fsp3) is 0.136. The molecule has 0 fully saturated rings. The summed E-state index contributed by atoms with van der Waals surface area (Å²) < 4.78 is 1.93. The first-order chi connectivity index (χ1) is 14.1. The van der Waals surface area contributed by atoms with E-state index in [-0.39, 0.29) is 5.25 Å². The highest BCUT2D eigenvalue weighted by atomic mass is 35.5. The van der Waals surface area contributed by atoms with Gasteiger partial charge in [0.2, 0.25) is 0 Å². The Hall–Kier alpha value is -2.83. The van der Waals surface area contributed by atoms with Crippen molar-refractivity contribution >= 4 is 39.8 Å². The number of thioether (sulfide) groups is 1. The van der Waals surface area contributed by atoms with Gasteiger partial charge in [0.25, 0.3) is 0 Å². The zero-order valence-corrected chi connectivity index (χ0v) is 17.5. The average molecular weight is 420 g/mol. The molecular formula is C22H18ClN5S. The maximum atomic E-state index is 6.22. The predicted octanol–water partition coefficient (Wildman–Crippen LogP) is 6.09. The van der Waals surface area contributed by atoms with Gasteiger partial charge in [0.05, 0.1) is 27.7 Å². The van der Waals surface area contributed by atoms with Gasteiger partial charge < -0.3 is 4.98 Å². The van der Waals surface area contributed by atoms with Crippen molar-refractivity contribution in [3.8, 4) is 11.3 Å². The normalized spacial score (nSPS) is 12.7. The number of aromatic amines is 1. The lowest BCUT2D eigenvalue weighted by Gasteiger charge is -2.13. The van der Waals surface area contributed by atoms with Crippen LogP contribution in [-0.2, 0) is 0 Å². The largest absolute Gasteiger partial charge is 0.339 e. The minimum atomic E-state index is 0.0370. The molecule has 1 N–H and O–H groups in total. The van der Waals surface area contributed by atoms with Gasteiger partial charge in [-0.1, -0.05) is 53.7 Å². The molecule has 2 aromatic carbocycles. The molecule has 5 nitrogen and oxygen atoms in total. The number of nitrogens with one attached hydrogen (secondary N) is 1. The number of halogens is 1. The molecule has 5 aromatic rings. The summed E-state index contributed by atoms with van der Waals surface area (Å²) in [5.74, 6) is 0.866. The molecule has 7 heteroatoms. The molecule has 0 aliphatic carbocycles. The predicted molar refractivity (Wildman–Crippen MR) is 119 cm³/mol. The van der Waals surface area contributed by atoms with E-state index in [2.05, 4.69) is 35.2 Å². The molecule has 0 radical (unpaired) electrons. The first-order valence-electron chi connectivity index (χ1n) is 9.31. The number of H-pyrrole nitrogens is 1. The van der Waals surface area contributed by atoms with Crippen LogP contribution in [-0.4, -0.2) is 24.6 Å². The smallest absolute Gasteiger partial charge is 0.166 e. The van der Waals surface area contributed by atoms with Crippen molar-refractivity contribution in [2.75, 3.05) is 0 Å². The minimum absolute atomic E-state index is 0.0370. The van der Waals surface area contributed by atoms with Crippen LogP contribution in [0.3, 0.4) is 0 Å².